The van der Waals surface area contributed by atoms with Gasteiger partial charge in [0.05, 0.1) is 5.56 Å². The first-order valence-electron chi connectivity index (χ1n) is 9.23. The first-order valence-corrected chi connectivity index (χ1v) is 10.0. The molecule has 1 N–H and O–H groups in total. The van der Waals surface area contributed by atoms with Crippen LogP contribution in [0.25, 0.3) is 20.9 Å². The molecule has 1 amide bonds. The number of aromatic nitrogens is 2. The minimum absolute atomic E-state index is 0.0302. The number of nitrogens with one attached hydrogen (secondary N) is 1. The molecular formula is C22H16F3N3O2S. The molecule has 0 saturated heterocycles. The summed E-state index contributed by atoms with van der Waals surface area (Å²) < 4.78 is 43.6. The van der Waals surface area contributed by atoms with Crippen LogP contribution in [0.2, 0.25) is 0 Å². The minimum atomic E-state index is -4.48. The second kappa shape index (κ2) is 8.35. The first-order chi connectivity index (χ1) is 14.8. The largest absolute Gasteiger partial charge is 0.484 e. The topological polar surface area (TPSA) is 64.1 Å². The minimum Gasteiger partial charge on any atom is -0.484 e. The number of halogens is 3. The number of hydrogen-bond acceptors (Lipinski definition) is 5. The zero-order chi connectivity index (χ0) is 22.0. The van der Waals surface area contributed by atoms with Gasteiger partial charge in [0.25, 0.3) is 5.91 Å². The van der Waals surface area contributed by atoms with E-state index in [-0.39, 0.29) is 5.75 Å². The number of benzene rings is 2. The zero-order valence-corrected chi connectivity index (χ0v) is 17.1. The lowest BCUT2D eigenvalue weighted by molar-refractivity contribution is -0.137. The number of carbonyl (C=O) groups is 1. The molecule has 0 bridgehead atoms. The molecule has 0 aliphatic carbocycles. The third kappa shape index (κ3) is 4.66. The molecule has 0 aliphatic heterocycles. The lowest BCUT2D eigenvalue weighted by Gasteiger charge is -2.13. The number of thiazole rings is 1. The Labute approximate surface area is 179 Å². The van der Waals surface area contributed by atoms with Gasteiger partial charge in [-0.3, -0.25) is 4.79 Å². The van der Waals surface area contributed by atoms with Crippen molar-refractivity contribution in [2.24, 2.45) is 0 Å². The van der Waals surface area contributed by atoms with Gasteiger partial charge in [-0.25, -0.2) is 9.97 Å². The Kier molecular flexibility index (Phi) is 5.60. The number of alkyl halides is 3. The molecule has 5 nitrogen and oxygen atoms in total. The van der Waals surface area contributed by atoms with Crippen LogP contribution in [0.15, 0.2) is 60.8 Å². The standard InChI is InChI=1S/C22H16F3N3O2S/c1-13-16(20-28-18-9-4-10-26-21(18)31-20)7-3-8-17(13)27-19(29)12-30-15-6-2-5-14(11-15)22(23,24)25/h2-11H,12H2,1H3,(H,27,29). The van der Waals surface area contributed by atoms with Gasteiger partial charge < -0.3 is 10.1 Å². The molecule has 2 aromatic carbocycles. The SMILES string of the molecule is Cc1c(NC(=O)COc2cccc(C(F)(F)F)c2)cccc1-c1nc2cccnc2s1. The fraction of sp³-hybridized carbons (Fsp3) is 0.136. The van der Waals surface area contributed by atoms with Crippen LogP contribution in [0.4, 0.5) is 18.9 Å². The maximum absolute atomic E-state index is 12.8. The van der Waals surface area contributed by atoms with Crippen LogP contribution >= 0.6 is 11.3 Å². The Bertz CT molecular complexity index is 1220. The second-order valence-corrected chi connectivity index (χ2v) is 7.66. The first kappa shape index (κ1) is 20.8. The highest BCUT2D eigenvalue weighted by Gasteiger charge is 2.30. The maximum Gasteiger partial charge on any atom is 0.416 e. The molecule has 0 spiro atoms. The second-order valence-electron chi connectivity index (χ2n) is 6.69. The molecule has 0 atom stereocenters. The van der Waals surface area contributed by atoms with Crippen LogP contribution in [-0.2, 0) is 11.0 Å². The summed E-state index contributed by atoms with van der Waals surface area (Å²) in [4.78, 5) is 22.0. The van der Waals surface area contributed by atoms with Gasteiger partial charge in [0.2, 0.25) is 0 Å². The average Bonchev–Trinajstić information content (AvgIpc) is 3.17. The molecular weight excluding hydrogens is 427 g/mol. The van der Waals surface area contributed by atoms with Crippen LogP contribution in [0, 0.1) is 6.92 Å². The van der Waals surface area contributed by atoms with E-state index in [4.69, 9.17) is 4.74 Å². The van der Waals surface area contributed by atoms with Crippen molar-refractivity contribution in [1.82, 2.24) is 9.97 Å². The number of anilines is 1. The van der Waals surface area contributed by atoms with Crippen molar-refractivity contribution in [3.05, 3.63) is 71.9 Å². The van der Waals surface area contributed by atoms with E-state index in [1.807, 2.05) is 25.1 Å². The number of rotatable bonds is 5. The number of ether oxygens (including phenoxy) is 1. The number of hydrogen-bond donors (Lipinski definition) is 1. The fourth-order valence-electron chi connectivity index (χ4n) is 2.99. The van der Waals surface area contributed by atoms with Gasteiger partial charge in [-0.1, -0.05) is 29.5 Å². The van der Waals surface area contributed by atoms with Crippen molar-refractivity contribution >= 4 is 33.3 Å². The van der Waals surface area contributed by atoms with E-state index in [9.17, 15) is 18.0 Å². The lowest BCUT2D eigenvalue weighted by atomic mass is 10.1. The quantitative estimate of drug-likeness (QED) is 0.430. The number of nitrogens with zero attached hydrogens (tertiary/aromatic N) is 2. The average molecular weight is 443 g/mol. The van der Waals surface area contributed by atoms with Gasteiger partial charge in [-0.05, 0) is 48.9 Å². The van der Waals surface area contributed by atoms with Crippen LogP contribution in [0.5, 0.6) is 5.75 Å². The van der Waals surface area contributed by atoms with Crippen LogP contribution in [0.1, 0.15) is 11.1 Å². The Morgan fingerprint density at radius 3 is 2.71 bits per heavy atom. The Balaban J connectivity index is 1.47. The summed E-state index contributed by atoms with van der Waals surface area (Å²) >= 11 is 1.45. The van der Waals surface area contributed by atoms with E-state index in [0.717, 1.165) is 38.6 Å². The Hall–Kier alpha value is -3.46. The summed E-state index contributed by atoms with van der Waals surface area (Å²) in [5.74, 6) is -0.513. The number of fused-ring (bicyclic) bond motifs is 1. The summed E-state index contributed by atoms with van der Waals surface area (Å²) in [5, 5.41) is 3.52. The van der Waals surface area contributed by atoms with Crippen LogP contribution < -0.4 is 10.1 Å². The molecule has 0 aliphatic rings. The summed E-state index contributed by atoms with van der Waals surface area (Å²) in [6, 6.07) is 13.6. The number of carbonyl (C=O) groups excluding carboxylic acids is 1. The van der Waals surface area contributed by atoms with Crippen LogP contribution in [0.3, 0.4) is 0 Å². The molecule has 9 heteroatoms. The van der Waals surface area contributed by atoms with Crippen molar-refractivity contribution < 1.29 is 22.7 Å². The highest BCUT2D eigenvalue weighted by atomic mass is 32.1. The summed E-state index contributed by atoms with van der Waals surface area (Å²) in [6.45, 7) is 1.44. The van der Waals surface area contributed by atoms with E-state index in [1.165, 1.54) is 23.5 Å². The van der Waals surface area contributed by atoms with Gasteiger partial charge in [-0.15, -0.1) is 0 Å². The van der Waals surface area contributed by atoms with Gasteiger partial charge in [0.15, 0.2) is 6.61 Å². The van der Waals surface area contributed by atoms with Crippen LogP contribution in [-0.4, -0.2) is 22.5 Å². The van der Waals surface area contributed by atoms with E-state index in [1.54, 1.807) is 18.3 Å². The molecule has 0 unspecified atom stereocenters. The van der Waals surface area contributed by atoms with Crippen molar-refractivity contribution in [2.45, 2.75) is 13.1 Å². The van der Waals surface area contributed by atoms with E-state index >= 15 is 0 Å². The van der Waals surface area contributed by atoms with E-state index in [2.05, 4.69) is 15.3 Å². The number of pyridine rings is 1. The van der Waals surface area contributed by atoms with Gasteiger partial charge in [-0.2, -0.15) is 13.2 Å². The normalized spacial score (nSPS) is 11.5. The predicted octanol–water partition coefficient (Wildman–Crippen LogP) is 5.70. The van der Waals surface area contributed by atoms with Crippen molar-refractivity contribution in [2.75, 3.05) is 11.9 Å². The maximum atomic E-state index is 12.8. The lowest BCUT2D eigenvalue weighted by Crippen LogP contribution is -2.21. The van der Waals surface area contributed by atoms with Gasteiger partial charge >= 0.3 is 6.18 Å². The van der Waals surface area contributed by atoms with Crippen molar-refractivity contribution in [1.29, 1.82) is 0 Å². The van der Waals surface area contributed by atoms with Gasteiger partial charge in [0, 0.05) is 17.4 Å². The van der Waals surface area contributed by atoms with Crippen molar-refractivity contribution in [3.8, 4) is 16.3 Å². The third-order valence-corrected chi connectivity index (χ3v) is 5.55. The highest BCUT2D eigenvalue weighted by Crippen LogP contribution is 2.34. The predicted molar refractivity (Wildman–Crippen MR) is 113 cm³/mol. The monoisotopic (exact) mass is 443 g/mol. The smallest absolute Gasteiger partial charge is 0.416 e. The number of amides is 1. The highest BCUT2D eigenvalue weighted by molar-refractivity contribution is 7.21. The molecule has 4 aromatic rings. The third-order valence-electron chi connectivity index (χ3n) is 4.54. The Morgan fingerprint density at radius 1 is 1.13 bits per heavy atom. The molecule has 0 radical (unpaired) electrons. The molecule has 2 heterocycles. The molecule has 158 valence electrons. The molecule has 31 heavy (non-hydrogen) atoms. The van der Waals surface area contributed by atoms with Crippen molar-refractivity contribution in [3.63, 3.8) is 0 Å². The summed E-state index contributed by atoms with van der Waals surface area (Å²) in [7, 11) is 0. The fourth-order valence-corrected chi connectivity index (χ4v) is 3.98. The summed E-state index contributed by atoms with van der Waals surface area (Å²) in [6.07, 6.45) is -2.77. The Morgan fingerprint density at radius 2 is 1.94 bits per heavy atom. The van der Waals surface area contributed by atoms with E-state index in [0.29, 0.717) is 5.69 Å². The van der Waals surface area contributed by atoms with Gasteiger partial charge in [0.1, 0.15) is 21.1 Å². The molecule has 0 saturated carbocycles. The zero-order valence-electron chi connectivity index (χ0n) is 16.2. The molecule has 0 fully saturated rings. The van der Waals surface area contributed by atoms with E-state index < -0.39 is 24.3 Å². The molecule has 4 rings (SSSR count). The molecule has 2 aromatic heterocycles. The summed E-state index contributed by atoms with van der Waals surface area (Å²) in [5.41, 5.74) is 2.21.